The third-order valence-corrected chi connectivity index (χ3v) is 3.94. The van der Waals surface area contributed by atoms with E-state index in [0.29, 0.717) is 30.2 Å². The van der Waals surface area contributed by atoms with Crippen LogP contribution in [-0.4, -0.2) is 23.6 Å². The first-order chi connectivity index (χ1) is 12.7. The van der Waals surface area contributed by atoms with E-state index in [1.165, 1.54) is 12.4 Å². The highest BCUT2D eigenvalue weighted by Gasteiger charge is 2.06. The van der Waals surface area contributed by atoms with Crippen molar-refractivity contribution in [1.82, 2.24) is 9.97 Å². The van der Waals surface area contributed by atoms with Crippen LogP contribution in [0.25, 0.3) is 0 Å². The minimum Gasteiger partial charge on any atom is -0.495 e. The fourth-order valence-corrected chi connectivity index (χ4v) is 2.61. The van der Waals surface area contributed by atoms with Crippen LogP contribution < -0.4 is 15.4 Å². The summed E-state index contributed by atoms with van der Waals surface area (Å²) in [6.45, 7) is 2.59. The average molecular weight is 352 g/mol. The fraction of sp³-hybridized carbons (Fsp3) is 0.200. The van der Waals surface area contributed by atoms with Crippen LogP contribution >= 0.6 is 0 Å². The summed E-state index contributed by atoms with van der Waals surface area (Å²) in [7, 11) is 1.63. The number of aromatic nitrogens is 2. The summed E-state index contributed by atoms with van der Waals surface area (Å²) in [6.07, 6.45) is 2.06. The Morgan fingerprint density at radius 3 is 2.65 bits per heavy atom. The Labute approximate surface area is 152 Å². The van der Waals surface area contributed by atoms with E-state index in [-0.39, 0.29) is 5.82 Å². The molecule has 0 atom stereocenters. The van der Waals surface area contributed by atoms with Crippen LogP contribution in [-0.2, 0) is 6.42 Å². The number of halogens is 1. The van der Waals surface area contributed by atoms with Crippen molar-refractivity contribution in [2.75, 3.05) is 24.3 Å². The summed E-state index contributed by atoms with van der Waals surface area (Å²) >= 11 is 0. The Morgan fingerprint density at radius 2 is 1.85 bits per heavy atom. The van der Waals surface area contributed by atoms with Crippen LogP contribution in [0.15, 0.2) is 54.9 Å². The Hall–Kier alpha value is -3.15. The van der Waals surface area contributed by atoms with Gasteiger partial charge in [-0.05, 0) is 42.7 Å². The molecule has 3 rings (SSSR count). The number of methoxy groups -OCH3 is 1. The number of ether oxygens (including phenoxy) is 1. The number of hydrogen-bond acceptors (Lipinski definition) is 5. The van der Waals surface area contributed by atoms with Crippen molar-refractivity contribution in [1.29, 1.82) is 0 Å². The lowest BCUT2D eigenvalue weighted by atomic mass is 10.1. The molecule has 1 heterocycles. The average Bonchev–Trinajstić information content (AvgIpc) is 2.64. The van der Waals surface area contributed by atoms with Crippen LogP contribution in [0.3, 0.4) is 0 Å². The molecule has 0 saturated carbocycles. The molecule has 134 valence electrons. The summed E-state index contributed by atoms with van der Waals surface area (Å²) in [4.78, 5) is 8.45. The molecule has 26 heavy (non-hydrogen) atoms. The lowest BCUT2D eigenvalue weighted by Gasteiger charge is -2.12. The molecule has 0 aliphatic rings. The Morgan fingerprint density at radius 1 is 1.04 bits per heavy atom. The van der Waals surface area contributed by atoms with E-state index >= 15 is 0 Å². The van der Waals surface area contributed by atoms with Gasteiger partial charge in [0.05, 0.1) is 12.8 Å². The molecule has 0 bridgehead atoms. The van der Waals surface area contributed by atoms with E-state index in [4.69, 9.17) is 4.74 Å². The number of hydrogen-bond donors (Lipinski definition) is 2. The first-order valence-corrected chi connectivity index (χ1v) is 8.36. The molecule has 0 radical (unpaired) electrons. The van der Waals surface area contributed by atoms with E-state index in [2.05, 4.69) is 20.6 Å². The third-order valence-electron chi connectivity index (χ3n) is 3.94. The van der Waals surface area contributed by atoms with Crippen molar-refractivity contribution in [2.24, 2.45) is 0 Å². The first kappa shape index (κ1) is 17.7. The molecule has 0 saturated heterocycles. The van der Waals surface area contributed by atoms with Crippen LogP contribution in [0.1, 0.15) is 11.1 Å². The number of anilines is 3. The molecule has 1 aromatic heterocycles. The van der Waals surface area contributed by atoms with Crippen LogP contribution in [0, 0.1) is 12.7 Å². The van der Waals surface area contributed by atoms with Crippen LogP contribution in [0.4, 0.5) is 21.7 Å². The standard InChI is InChI=1S/C20H21FN4O/c1-14-7-8-18(26-2)17(11-14)25-20-12-19(23-13-24-20)22-10-9-15-5-3-4-6-16(15)21/h3-8,11-13H,9-10H2,1-2H3,(H2,22,23,24,25). The second kappa shape index (κ2) is 8.29. The highest BCUT2D eigenvalue weighted by atomic mass is 19.1. The second-order valence-electron chi connectivity index (χ2n) is 5.89. The lowest BCUT2D eigenvalue weighted by molar-refractivity contribution is 0.416. The Balaban J connectivity index is 1.65. The van der Waals surface area contributed by atoms with E-state index in [9.17, 15) is 4.39 Å². The maximum Gasteiger partial charge on any atom is 0.142 e. The van der Waals surface area contributed by atoms with Gasteiger partial charge >= 0.3 is 0 Å². The molecule has 6 heteroatoms. The van der Waals surface area contributed by atoms with Gasteiger partial charge in [0.1, 0.15) is 29.5 Å². The molecule has 0 unspecified atom stereocenters. The van der Waals surface area contributed by atoms with Gasteiger partial charge in [-0.25, -0.2) is 14.4 Å². The van der Waals surface area contributed by atoms with Crippen molar-refractivity contribution < 1.29 is 9.13 Å². The molecule has 0 fully saturated rings. The highest BCUT2D eigenvalue weighted by Crippen LogP contribution is 2.28. The smallest absolute Gasteiger partial charge is 0.142 e. The molecular weight excluding hydrogens is 331 g/mol. The minimum absolute atomic E-state index is 0.189. The van der Waals surface area contributed by atoms with E-state index in [0.717, 1.165) is 17.0 Å². The molecular formula is C20H21FN4O. The van der Waals surface area contributed by atoms with Gasteiger partial charge in [0, 0.05) is 12.6 Å². The van der Waals surface area contributed by atoms with Crippen molar-refractivity contribution in [3.63, 3.8) is 0 Å². The summed E-state index contributed by atoms with van der Waals surface area (Å²) in [5.41, 5.74) is 2.63. The monoisotopic (exact) mass is 352 g/mol. The van der Waals surface area contributed by atoms with Crippen molar-refractivity contribution >= 4 is 17.3 Å². The third kappa shape index (κ3) is 4.47. The Kier molecular flexibility index (Phi) is 5.63. The molecule has 2 N–H and O–H groups in total. The topological polar surface area (TPSA) is 59.1 Å². The second-order valence-corrected chi connectivity index (χ2v) is 5.89. The summed E-state index contributed by atoms with van der Waals surface area (Å²) in [5, 5.41) is 6.44. The molecule has 2 aromatic carbocycles. The van der Waals surface area contributed by atoms with E-state index < -0.39 is 0 Å². The fourth-order valence-electron chi connectivity index (χ4n) is 2.61. The summed E-state index contributed by atoms with van der Waals surface area (Å²) in [6, 6.07) is 14.5. The lowest BCUT2D eigenvalue weighted by Crippen LogP contribution is -2.08. The summed E-state index contributed by atoms with van der Waals surface area (Å²) in [5.74, 6) is 1.87. The van der Waals surface area contributed by atoms with Gasteiger partial charge in [-0.15, -0.1) is 0 Å². The van der Waals surface area contributed by atoms with Crippen molar-refractivity contribution in [2.45, 2.75) is 13.3 Å². The Bertz CT molecular complexity index is 885. The minimum atomic E-state index is -0.189. The maximum absolute atomic E-state index is 13.7. The largest absolute Gasteiger partial charge is 0.495 e. The zero-order chi connectivity index (χ0) is 18.4. The zero-order valence-electron chi connectivity index (χ0n) is 14.8. The van der Waals surface area contributed by atoms with Gasteiger partial charge in [0.25, 0.3) is 0 Å². The predicted octanol–water partition coefficient (Wildman–Crippen LogP) is 4.33. The quantitative estimate of drug-likeness (QED) is 0.663. The first-order valence-electron chi connectivity index (χ1n) is 8.36. The van der Waals surface area contributed by atoms with Gasteiger partial charge in [-0.2, -0.15) is 0 Å². The van der Waals surface area contributed by atoms with Crippen molar-refractivity contribution in [3.8, 4) is 5.75 Å². The van der Waals surface area contributed by atoms with Gasteiger partial charge in [-0.1, -0.05) is 24.3 Å². The molecule has 0 aliphatic heterocycles. The number of nitrogens with one attached hydrogen (secondary N) is 2. The van der Waals surface area contributed by atoms with Crippen LogP contribution in [0.2, 0.25) is 0 Å². The molecule has 0 aliphatic carbocycles. The van der Waals surface area contributed by atoms with Crippen molar-refractivity contribution in [3.05, 3.63) is 71.8 Å². The predicted molar refractivity (Wildman–Crippen MR) is 102 cm³/mol. The van der Waals surface area contributed by atoms with E-state index in [1.54, 1.807) is 19.2 Å². The number of rotatable bonds is 7. The molecule has 5 nitrogen and oxygen atoms in total. The SMILES string of the molecule is COc1ccc(C)cc1Nc1cc(NCCc2ccccc2F)ncn1. The van der Waals surface area contributed by atoms with Gasteiger partial charge in [0.2, 0.25) is 0 Å². The number of aryl methyl sites for hydroxylation is 1. The highest BCUT2D eigenvalue weighted by molar-refractivity contribution is 5.66. The van der Waals surface area contributed by atoms with E-state index in [1.807, 2.05) is 37.3 Å². The molecule has 3 aromatic rings. The molecule has 0 amide bonds. The summed E-state index contributed by atoms with van der Waals surface area (Å²) < 4.78 is 19.0. The number of benzene rings is 2. The zero-order valence-corrected chi connectivity index (χ0v) is 14.8. The van der Waals surface area contributed by atoms with Gasteiger partial charge in [-0.3, -0.25) is 0 Å². The normalized spacial score (nSPS) is 10.4. The maximum atomic E-state index is 13.7. The van der Waals surface area contributed by atoms with Crippen LogP contribution in [0.5, 0.6) is 5.75 Å². The molecule has 0 spiro atoms. The van der Waals surface area contributed by atoms with Gasteiger partial charge in [0.15, 0.2) is 0 Å². The van der Waals surface area contributed by atoms with Gasteiger partial charge < -0.3 is 15.4 Å². The number of nitrogens with zero attached hydrogens (tertiary/aromatic N) is 2.